The average Bonchev–Trinajstić information content (AvgIpc) is 2.61. The van der Waals surface area contributed by atoms with Gasteiger partial charge in [0.15, 0.2) is 0 Å². The monoisotopic (exact) mass is 325 g/mol. The molecule has 1 atom stereocenters. The smallest absolute Gasteiger partial charge is 0.142 e. The summed E-state index contributed by atoms with van der Waals surface area (Å²) in [4.78, 5) is 10.5. The maximum absolute atomic E-state index is 14.3. The van der Waals surface area contributed by atoms with Gasteiger partial charge in [0, 0.05) is 13.1 Å². The van der Waals surface area contributed by atoms with Crippen LogP contribution in [0, 0.1) is 5.82 Å². The zero-order chi connectivity index (χ0) is 17.1. The molecule has 3 rings (SSSR count). The molecule has 0 fully saturated rings. The van der Waals surface area contributed by atoms with E-state index in [1.165, 1.54) is 12.4 Å². The topological polar surface area (TPSA) is 38.2 Å². The predicted molar refractivity (Wildman–Crippen MR) is 94.1 cm³/mol. The minimum Gasteiger partial charge on any atom is -0.496 e. The van der Waals surface area contributed by atoms with E-state index in [9.17, 15) is 4.39 Å². The van der Waals surface area contributed by atoms with Crippen LogP contribution in [0.1, 0.15) is 12.5 Å². The standard InChI is InChI=1S/C19H20FN3O/c1-13(11-14-7-4-5-10-17(14)24-3)23(2)19-18-15(20)8-6-9-16(18)21-12-22-19/h4-10,12-13H,11H2,1-3H3/t13-/m1/s1. The van der Waals surface area contributed by atoms with Crippen LogP contribution in [0.2, 0.25) is 0 Å². The normalized spacial score (nSPS) is 12.2. The molecule has 0 aliphatic heterocycles. The summed E-state index contributed by atoms with van der Waals surface area (Å²) in [6, 6.07) is 12.9. The van der Waals surface area contributed by atoms with Crippen molar-refractivity contribution >= 4 is 16.7 Å². The Balaban J connectivity index is 1.93. The molecular formula is C19H20FN3O. The minimum atomic E-state index is -0.306. The lowest BCUT2D eigenvalue weighted by Crippen LogP contribution is -2.32. The number of rotatable bonds is 5. The number of hydrogen-bond acceptors (Lipinski definition) is 4. The van der Waals surface area contributed by atoms with Crippen molar-refractivity contribution in [1.29, 1.82) is 0 Å². The van der Waals surface area contributed by atoms with Crippen LogP contribution >= 0.6 is 0 Å². The highest BCUT2D eigenvalue weighted by Crippen LogP contribution is 2.27. The van der Waals surface area contributed by atoms with Gasteiger partial charge in [-0.05, 0) is 37.1 Å². The third-order valence-electron chi connectivity index (χ3n) is 4.30. The van der Waals surface area contributed by atoms with Crippen molar-refractivity contribution in [2.24, 2.45) is 0 Å². The van der Waals surface area contributed by atoms with Crippen molar-refractivity contribution < 1.29 is 9.13 Å². The van der Waals surface area contributed by atoms with Crippen LogP contribution in [0.5, 0.6) is 5.75 Å². The Bertz CT molecular complexity index is 848. The van der Waals surface area contributed by atoms with Crippen LogP contribution < -0.4 is 9.64 Å². The largest absolute Gasteiger partial charge is 0.496 e. The van der Waals surface area contributed by atoms with Gasteiger partial charge in [-0.15, -0.1) is 0 Å². The highest BCUT2D eigenvalue weighted by Gasteiger charge is 2.18. The molecule has 0 N–H and O–H groups in total. The maximum atomic E-state index is 14.3. The lowest BCUT2D eigenvalue weighted by molar-refractivity contribution is 0.408. The fourth-order valence-corrected chi connectivity index (χ4v) is 2.85. The van der Waals surface area contributed by atoms with E-state index in [1.54, 1.807) is 19.2 Å². The number of ether oxygens (including phenoxy) is 1. The zero-order valence-corrected chi connectivity index (χ0v) is 14.0. The van der Waals surface area contributed by atoms with Gasteiger partial charge in [-0.1, -0.05) is 24.3 Å². The van der Waals surface area contributed by atoms with Crippen LogP contribution in [0.25, 0.3) is 10.9 Å². The Morgan fingerprint density at radius 1 is 1.12 bits per heavy atom. The van der Waals surface area contributed by atoms with E-state index >= 15 is 0 Å². The second-order valence-electron chi connectivity index (χ2n) is 5.81. The number of anilines is 1. The first-order chi connectivity index (χ1) is 11.6. The molecule has 0 spiro atoms. The summed E-state index contributed by atoms with van der Waals surface area (Å²) < 4.78 is 19.7. The van der Waals surface area contributed by atoms with Crippen LogP contribution in [0.15, 0.2) is 48.8 Å². The fraction of sp³-hybridized carbons (Fsp3) is 0.263. The predicted octanol–water partition coefficient (Wildman–Crippen LogP) is 3.84. The molecule has 0 saturated carbocycles. The third-order valence-corrected chi connectivity index (χ3v) is 4.30. The number of halogens is 1. The van der Waals surface area contributed by atoms with Crippen molar-refractivity contribution in [1.82, 2.24) is 9.97 Å². The molecular weight excluding hydrogens is 305 g/mol. The first-order valence-electron chi connectivity index (χ1n) is 7.85. The van der Waals surface area contributed by atoms with Crippen molar-refractivity contribution in [2.75, 3.05) is 19.1 Å². The third kappa shape index (κ3) is 3.02. The number of benzene rings is 2. The molecule has 0 aliphatic rings. The van der Waals surface area contributed by atoms with Crippen LogP contribution in [0.3, 0.4) is 0 Å². The summed E-state index contributed by atoms with van der Waals surface area (Å²) in [5.74, 6) is 1.15. The highest BCUT2D eigenvalue weighted by atomic mass is 19.1. The number of hydrogen-bond donors (Lipinski definition) is 0. The molecule has 1 heterocycles. The lowest BCUT2D eigenvalue weighted by atomic mass is 10.0. The van der Waals surface area contributed by atoms with Gasteiger partial charge in [-0.25, -0.2) is 14.4 Å². The Labute approximate surface area is 140 Å². The summed E-state index contributed by atoms with van der Waals surface area (Å²) in [5, 5.41) is 0.453. The van der Waals surface area contributed by atoms with E-state index in [2.05, 4.69) is 16.9 Å². The van der Waals surface area contributed by atoms with Crippen LogP contribution in [0.4, 0.5) is 10.2 Å². The molecule has 1 aromatic heterocycles. The molecule has 0 amide bonds. The Morgan fingerprint density at radius 3 is 2.71 bits per heavy atom. The lowest BCUT2D eigenvalue weighted by Gasteiger charge is -2.27. The van der Waals surface area contributed by atoms with Crippen molar-refractivity contribution in [2.45, 2.75) is 19.4 Å². The van der Waals surface area contributed by atoms with E-state index in [0.717, 1.165) is 17.7 Å². The molecule has 124 valence electrons. The summed E-state index contributed by atoms with van der Waals surface area (Å²) in [6.07, 6.45) is 2.24. The van der Waals surface area contributed by atoms with E-state index < -0.39 is 0 Å². The first kappa shape index (κ1) is 16.2. The number of fused-ring (bicyclic) bond motifs is 1. The second kappa shape index (κ2) is 6.83. The van der Waals surface area contributed by atoms with Gasteiger partial charge in [0.25, 0.3) is 0 Å². The molecule has 0 bridgehead atoms. The van der Waals surface area contributed by atoms with Crippen LogP contribution in [-0.4, -0.2) is 30.2 Å². The number of nitrogens with zero attached hydrogens (tertiary/aromatic N) is 3. The molecule has 3 aromatic rings. The summed E-state index contributed by atoms with van der Waals surface area (Å²) in [6.45, 7) is 2.08. The van der Waals surface area contributed by atoms with Crippen LogP contribution in [-0.2, 0) is 6.42 Å². The summed E-state index contributed by atoms with van der Waals surface area (Å²) in [5.41, 5.74) is 1.72. The van der Waals surface area contributed by atoms with Gasteiger partial charge in [0.05, 0.1) is 18.0 Å². The molecule has 0 saturated heterocycles. The molecule has 0 aliphatic carbocycles. The summed E-state index contributed by atoms with van der Waals surface area (Å²) >= 11 is 0. The first-order valence-corrected chi connectivity index (χ1v) is 7.85. The van der Waals surface area contributed by atoms with Crippen molar-refractivity contribution in [3.05, 3.63) is 60.2 Å². The Kier molecular flexibility index (Phi) is 4.60. The molecule has 24 heavy (non-hydrogen) atoms. The second-order valence-corrected chi connectivity index (χ2v) is 5.81. The number of methoxy groups -OCH3 is 1. The number of aromatic nitrogens is 2. The van der Waals surface area contributed by atoms with E-state index in [4.69, 9.17) is 4.74 Å². The SMILES string of the molecule is COc1ccccc1C[C@@H](C)N(C)c1ncnc2cccc(F)c12. The molecule has 0 unspecified atom stereocenters. The zero-order valence-electron chi connectivity index (χ0n) is 14.0. The van der Waals surface area contributed by atoms with Gasteiger partial charge >= 0.3 is 0 Å². The minimum absolute atomic E-state index is 0.110. The van der Waals surface area contributed by atoms with E-state index in [-0.39, 0.29) is 11.9 Å². The molecule has 4 nitrogen and oxygen atoms in total. The van der Waals surface area contributed by atoms with Gasteiger partial charge in [-0.2, -0.15) is 0 Å². The van der Waals surface area contributed by atoms with Gasteiger partial charge < -0.3 is 9.64 Å². The van der Waals surface area contributed by atoms with Gasteiger partial charge in [0.2, 0.25) is 0 Å². The van der Waals surface area contributed by atoms with Gasteiger partial charge in [-0.3, -0.25) is 0 Å². The van der Waals surface area contributed by atoms with Crippen molar-refractivity contribution in [3.8, 4) is 5.75 Å². The highest BCUT2D eigenvalue weighted by molar-refractivity contribution is 5.89. The Morgan fingerprint density at radius 2 is 1.92 bits per heavy atom. The number of likely N-dealkylation sites (N-methyl/N-ethyl adjacent to an activating group) is 1. The van der Waals surface area contributed by atoms with E-state index in [1.807, 2.05) is 36.2 Å². The van der Waals surface area contributed by atoms with Gasteiger partial charge in [0.1, 0.15) is 23.7 Å². The maximum Gasteiger partial charge on any atom is 0.142 e. The van der Waals surface area contributed by atoms with E-state index in [0.29, 0.717) is 16.7 Å². The number of para-hydroxylation sites is 1. The quantitative estimate of drug-likeness (QED) is 0.714. The van der Waals surface area contributed by atoms with Crippen molar-refractivity contribution in [3.63, 3.8) is 0 Å². The Hall–Kier alpha value is -2.69. The molecule has 0 radical (unpaired) electrons. The fourth-order valence-electron chi connectivity index (χ4n) is 2.85. The molecule has 2 aromatic carbocycles. The average molecular weight is 325 g/mol. The molecule has 5 heteroatoms. The summed E-state index contributed by atoms with van der Waals surface area (Å²) in [7, 11) is 3.59.